The molecule has 1 N–H and O–H groups in total. The zero-order valence-corrected chi connectivity index (χ0v) is 8.83. The van der Waals surface area contributed by atoms with Crippen LogP contribution in [-0.2, 0) is 0 Å². The molecule has 0 unspecified atom stereocenters. The Bertz CT molecular complexity index is 496. The number of benzene rings is 1. The van der Waals surface area contributed by atoms with Crippen LogP contribution in [0.15, 0.2) is 37.2 Å². The van der Waals surface area contributed by atoms with Crippen molar-refractivity contribution in [1.82, 2.24) is 9.97 Å². The van der Waals surface area contributed by atoms with E-state index >= 15 is 0 Å². The van der Waals surface area contributed by atoms with Crippen LogP contribution in [0, 0.1) is 0 Å². The van der Waals surface area contributed by atoms with E-state index in [1.807, 2.05) is 18.2 Å². The summed E-state index contributed by atoms with van der Waals surface area (Å²) in [6, 6.07) is 5.55. The highest BCUT2D eigenvalue weighted by Gasteiger charge is 2.02. The van der Waals surface area contributed by atoms with Crippen LogP contribution >= 0.6 is 11.6 Å². The predicted octanol–water partition coefficient (Wildman–Crippen LogP) is 2.88. The fourth-order valence-electron chi connectivity index (χ4n) is 1.34. The quantitative estimate of drug-likeness (QED) is 0.807. The van der Waals surface area contributed by atoms with Crippen molar-refractivity contribution in [3.05, 3.63) is 42.2 Å². The lowest BCUT2D eigenvalue weighted by Gasteiger charge is -2.05. The van der Waals surface area contributed by atoms with E-state index in [1.54, 1.807) is 6.08 Å². The SMILES string of the molecule is C=CCNc1ncnc2cc(Cl)ccc12. The Hall–Kier alpha value is -1.61. The van der Waals surface area contributed by atoms with Crippen molar-refractivity contribution in [3.8, 4) is 0 Å². The molecule has 2 rings (SSSR count). The Morgan fingerprint density at radius 1 is 1.40 bits per heavy atom. The minimum atomic E-state index is 0.675. The number of hydrogen-bond donors (Lipinski definition) is 1. The molecule has 0 bridgehead atoms. The third kappa shape index (κ3) is 2.07. The van der Waals surface area contributed by atoms with Crippen LogP contribution in [0.25, 0.3) is 10.9 Å². The molecule has 0 spiro atoms. The Kier molecular flexibility index (Phi) is 2.83. The molecule has 1 aromatic heterocycles. The summed E-state index contributed by atoms with van der Waals surface area (Å²) in [6.07, 6.45) is 3.30. The van der Waals surface area contributed by atoms with E-state index < -0.39 is 0 Å². The van der Waals surface area contributed by atoms with Crippen molar-refractivity contribution in [1.29, 1.82) is 0 Å². The van der Waals surface area contributed by atoms with Gasteiger partial charge in [0, 0.05) is 17.0 Å². The molecular formula is C11H10ClN3. The van der Waals surface area contributed by atoms with Crippen LogP contribution in [-0.4, -0.2) is 16.5 Å². The minimum absolute atomic E-state index is 0.675. The highest BCUT2D eigenvalue weighted by atomic mass is 35.5. The maximum Gasteiger partial charge on any atom is 0.137 e. The third-order valence-electron chi connectivity index (χ3n) is 2.01. The lowest BCUT2D eigenvalue weighted by molar-refractivity contribution is 1.18. The summed E-state index contributed by atoms with van der Waals surface area (Å²) in [4.78, 5) is 8.31. The average Bonchev–Trinajstić information content (AvgIpc) is 2.25. The van der Waals surface area contributed by atoms with Crippen molar-refractivity contribution < 1.29 is 0 Å². The number of rotatable bonds is 3. The molecule has 76 valence electrons. The zero-order valence-electron chi connectivity index (χ0n) is 8.07. The van der Waals surface area contributed by atoms with Crippen LogP contribution in [0.1, 0.15) is 0 Å². The molecule has 0 amide bonds. The van der Waals surface area contributed by atoms with Crippen molar-refractivity contribution in [2.24, 2.45) is 0 Å². The molecular weight excluding hydrogens is 210 g/mol. The summed E-state index contributed by atoms with van der Waals surface area (Å²) in [5, 5.41) is 4.78. The summed E-state index contributed by atoms with van der Waals surface area (Å²) in [6.45, 7) is 4.32. The van der Waals surface area contributed by atoms with Gasteiger partial charge in [0.2, 0.25) is 0 Å². The third-order valence-corrected chi connectivity index (χ3v) is 2.25. The first-order valence-electron chi connectivity index (χ1n) is 4.56. The van der Waals surface area contributed by atoms with E-state index in [0.717, 1.165) is 16.7 Å². The molecule has 1 heterocycles. The van der Waals surface area contributed by atoms with Gasteiger partial charge >= 0.3 is 0 Å². The second-order valence-electron chi connectivity index (χ2n) is 3.05. The average molecular weight is 220 g/mol. The van der Waals surface area contributed by atoms with Gasteiger partial charge in [0.15, 0.2) is 0 Å². The van der Waals surface area contributed by atoms with Crippen LogP contribution < -0.4 is 5.32 Å². The van der Waals surface area contributed by atoms with E-state index in [0.29, 0.717) is 11.6 Å². The van der Waals surface area contributed by atoms with Gasteiger partial charge in [0.1, 0.15) is 12.1 Å². The number of nitrogens with zero attached hydrogens (tertiary/aromatic N) is 2. The van der Waals surface area contributed by atoms with E-state index in [2.05, 4.69) is 21.9 Å². The molecule has 0 fully saturated rings. The van der Waals surface area contributed by atoms with E-state index in [-0.39, 0.29) is 0 Å². The lowest BCUT2D eigenvalue weighted by atomic mass is 10.2. The Morgan fingerprint density at radius 3 is 3.07 bits per heavy atom. The molecule has 0 aliphatic heterocycles. The maximum atomic E-state index is 5.88. The van der Waals surface area contributed by atoms with E-state index in [9.17, 15) is 0 Å². The van der Waals surface area contributed by atoms with Gasteiger partial charge in [-0.05, 0) is 18.2 Å². The minimum Gasteiger partial charge on any atom is -0.366 e. The van der Waals surface area contributed by atoms with Crippen molar-refractivity contribution in [2.45, 2.75) is 0 Å². The number of hydrogen-bond acceptors (Lipinski definition) is 3. The van der Waals surface area contributed by atoms with Gasteiger partial charge in [0.05, 0.1) is 5.52 Å². The van der Waals surface area contributed by atoms with Crippen molar-refractivity contribution in [2.75, 3.05) is 11.9 Å². The first-order valence-corrected chi connectivity index (χ1v) is 4.94. The first-order chi connectivity index (χ1) is 7.31. The van der Waals surface area contributed by atoms with Gasteiger partial charge in [-0.1, -0.05) is 17.7 Å². The van der Waals surface area contributed by atoms with Gasteiger partial charge in [-0.25, -0.2) is 9.97 Å². The van der Waals surface area contributed by atoms with Crippen LogP contribution in [0.3, 0.4) is 0 Å². The number of halogens is 1. The second-order valence-corrected chi connectivity index (χ2v) is 3.49. The number of anilines is 1. The Morgan fingerprint density at radius 2 is 2.27 bits per heavy atom. The topological polar surface area (TPSA) is 37.8 Å². The van der Waals surface area contributed by atoms with Gasteiger partial charge in [0.25, 0.3) is 0 Å². The van der Waals surface area contributed by atoms with Crippen molar-refractivity contribution in [3.63, 3.8) is 0 Å². The maximum absolute atomic E-state index is 5.88. The molecule has 4 heteroatoms. The molecule has 0 aliphatic rings. The second kappa shape index (κ2) is 4.28. The Balaban J connectivity index is 2.50. The van der Waals surface area contributed by atoms with E-state index in [4.69, 9.17) is 11.6 Å². The molecule has 2 aromatic rings. The van der Waals surface area contributed by atoms with Gasteiger partial charge in [-0.2, -0.15) is 0 Å². The van der Waals surface area contributed by atoms with Gasteiger partial charge in [-0.3, -0.25) is 0 Å². The van der Waals surface area contributed by atoms with Gasteiger partial charge < -0.3 is 5.32 Å². The summed E-state index contributed by atoms with van der Waals surface area (Å²) in [5.41, 5.74) is 0.837. The first kappa shape index (κ1) is 9.93. The fourth-order valence-corrected chi connectivity index (χ4v) is 1.51. The molecule has 0 atom stereocenters. The summed E-state index contributed by atoms with van der Waals surface area (Å²) < 4.78 is 0. The normalized spacial score (nSPS) is 10.2. The fraction of sp³-hybridized carbons (Fsp3) is 0.0909. The molecule has 0 saturated carbocycles. The molecule has 0 saturated heterocycles. The molecule has 0 aliphatic carbocycles. The molecule has 1 aromatic carbocycles. The van der Waals surface area contributed by atoms with Crippen molar-refractivity contribution >= 4 is 28.3 Å². The Labute approximate surface area is 92.8 Å². The summed E-state index contributed by atoms with van der Waals surface area (Å²) in [5.74, 6) is 0.802. The number of fused-ring (bicyclic) bond motifs is 1. The van der Waals surface area contributed by atoms with Crippen LogP contribution in [0.2, 0.25) is 5.02 Å². The zero-order chi connectivity index (χ0) is 10.7. The van der Waals surface area contributed by atoms with Crippen LogP contribution in [0.5, 0.6) is 0 Å². The van der Waals surface area contributed by atoms with E-state index in [1.165, 1.54) is 6.33 Å². The molecule has 0 radical (unpaired) electrons. The monoisotopic (exact) mass is 219 g/mol. The number of nitrogens with one attached hydrogen (secondary N) is 1. The predicted molar refractivity (Wildman–Crippen MR) is 63.2 cm³/mol. The largest absolute Gasteiger partial charge is 0.366 e. The van der Waals surface area contributed by atoms with Gasteiger partial charge in [-0.15, -0.1) is 6.58 Å². The highest BCUT2D eigenvalue weighted by molar-refractivity contribution is 6.31. The summed E-state index contributed by atoms with van der Waals surface area (Å²) in [7, 11) is 0. The smallest absolute Gasteiger partial charge is 0.137 e. The number of aromatic nitrogens is 2. The highest BCUT2D eigenvalue weighted by Crippen LogP contribution is 2.22. The standard InChI is InChI=1S/C11H10ClN3/c1-2-5-13-11-9-4-3-8(12)6-10(9)14-7-15-11/h2-4,6-7H,1,5H2,(H,13,14,15). The molecule has 15 heavy (non-hydrogen) atoms. The van der Waals surface area contributed by atoms with Crippen LogP contribution in [0.4, 0.5) is 5.82 Å². The molecule has 3 nitrogen and oxygen atoms in total. The lowest BCUT2D eigenvalue weighted by Crippen LogP contribution is -2.01. The summed E-state index contributed by atoms with van der Waals surface area (Å²) >= 11 is 5.88.